The summed E-state index contributed by atoms with van der Waals surface area (Å²) in [5, 5.41) is 13.7. The van der Waals surface area contributed by atoms with Crippen molar-refractivity contribution in [3.63, 3.8) is 0 Å². The van der Waals surface area contributed by atoms with Crippen LogP contribution in [0.4, 0.5) is 5.82 Å². The van der Waals surface area contributed by atoms with Crippen LogP contribution in [0.2, 0.25) is 0 Å². The molecule has 0 saturated heterocycles. The zero-order valence-corrected chi connectivity index (χ0v) is 17.4. The standard InChI is InChI=1S/C19H21N3O6S/c1-8-12(18(25)28-4)13(9-6-10(26-2)15(23)11(7-9)27-3)14-16(20-8)21-19(29-5)22-17(14)24/h6-7,13,23H,1-5H3,(H2,20,21,22,24). The van der Waals surface area contributed by atoms with Gasteiger partial charge in [-0.05, 0) is 30.9 Å². The molecule has 1 aromatic carbocycles. The molecule has 0 spiro atoms. The lowest BCUT2D eigenvalue weighted by molar-refractivity contribution is -0.136. The molecule has 3 N–H and O–H groups in total. The number of benzene rings is 1. The molecule has 0 fully saturated rings. The highest BCUT2D eigenvalue weighted by atomic mass is 32.2. The molecule has 0 amide bonds. The smallest absolute Gasteiger partial charge is 0.336 e. The van der Waals surface area contributed by atoms with Gasteiger partial charge in [-0.1, -0.05) is 11.8 Å². The number of fused-ring (bicyclic) bond motifs is 1. The molecular weight excluding hydrogens is 398 g/mol. The van der Waals surface area contributed by atoms with Gasteiger partial charge in [0.25, 0.3) is 5.56 Å². The number of phenols is 1. The molecule has 3 rings (SSSR count). The van der Waals surface area contributed by atoms with Crippen molar-refractivity contribution in [1.29, 1.82) is 0 Å². The van der Waals surface area contributed by atoms with Gasteiger partial charge in [0, 0.05) is 5.70 Å². The summed E-state index contributed by atoms with van der Waals surface area (Å²) in [7, 11) is 4.07. The van der Waals surface area contributed by atoms with Crippen LogP contribution in [0.1, 0.15) is 24.0 Å². The summed E-state index contributed by atoms with van der Waals surface area (Å²) < 4.78 is 15.4. The maximum absolute atomic E-state index is 12.9. The van der Waals surface area contributed by atoms with Crippen LogP contribution in [-0.2, 0) is 9.53 Å². The van der Waals surface area contributed by atoms with E-state index in [1.165, 1.54) is 33.1 Å². The fourth-order valence-corrected chi connectivity index (χ4v) is 3.70. The summed E-state index contributed by atoms with van der Waals surface area (Å²) in [6.07, 6.45) is 1.79. The number of allylic oxidation sites excluding steroid dienone is 1. The number of phenolic OH excluding ortho intramolecular Hbond substituents is 1. The average molecular weight is 419 g/mol. The summed E-state index contributed by atoms with van der Waals surface area (Å²) >= 11 is 1.29. The van der Waals surface area contributed by atoms with Crippen molar-refractivity contribution in [2.24, 2.45) is 0 Å². The number of carbonyl (C=O) groups excluding carboxylic acids is 1. The lowest BCUT2D eigenvalue weighted by Crippen LogP contribution is -2.31. The third-order valence-corrected chi connectivity index (χ3v) is 5.23. The van der Waals surface area contributed by atoms with Crippen molar-refractivity contribution in [2.75, 3.05) is 32.9 Å². The van der Waals surface area contributed by atoms with E-state index in [2.05, 4.69) is 15.3 Å². The molecule has 154 valence electrons. The van der Waals surface area contributed by atoms with Gasteiger partial charge >= 0.3 is 5.97 Å². The first-order chi connectivity index (χ1) is 13.9. The van der Waals surface area contributed by atoms with Crippen LogP contribution >= 0.6 is 11.8 Å². The van der Waals surface area contributed by atoms with Crippen LogP contribution in [0.5, 0.6) is 17.2 Å². The summed E-state index contributed by atoms with van der Waals surface area (Å²) in [6, 6.07) is 3.10. The van der Waals surface area contributed by atoms with Crippen LogP contribution in [0.25, 0.3) is 0 Å². The molecule has 2 heterocycles. The second-order valence-corrected chi connectivity index (χ2v) is 6.99. The quantitative estimate of drug-likeness (QED) is 0.380. The number of carbonyl (C=O) groups is 1. The topological polar surface area (TPSA) is 123 Å². The van der Waals surface area contributed by atoms with E-state index in [0.717, 1.165) is 0 Å². The molecule has 0 radical (unpaired) electrons. The SMILES string of the molecule is COC(=O)C1=C(C)Nc2nc(SC)[nH]c(=O)c2C1c1cc(OC)c(O)c(OC)c1. The molecule has 1 aliphatic heterocycles. The fourth-order valence-electron chi connectivity index (χ4n) is 3.32. The number of aromatic hydroxyl groups is 1. The molecule has 9 nitrogen and oxygen atoms in total. The number of aromatic nitrogens is 2. The minimum Gasteiger partial charge on any atom is -0.502 e. The number of ether oxygens (including phenoxy) is 3. The third-order valence-electron chi connectivity index (χ3n) is 4.65. The molecule has 1 aliphatic rings. The zero-order chi connectivity index (χ0) is 21.3. The largest absolute Gasteiger partial charge is 0.502 e. The summed E-state index contributed by atoms with van der Waals surface area (Å²) in [4.78, 5) is 32.7. The van der Waals surface area contributed by atoms with Gasteiger partial charge in [-0.3, -0.25) is 4.79 Å². The van der Waals surface area contributed by atoms with Gasteiger partial charge in [0.2, 0.25) is 5.75 Å². The zero-order valence-electron chi connectivity index (χ0n) is 16.6. The highest BCUT2D eigenvalue weighted by Crippen LogP contribution is 2.45. The molecular formula is C19H21N3O6S. The number of hydrogen-bond acceptors (Lipinski definition) is 9. The number of methoxy groups -OCH3 is 3. The van der Waals surface area contributed by atoms with Gasteiger partial charge in [0.1, 0.15) is 5.82 Å². The minimum absolute atomic E-state index is 0.145. The third kappa shape index (κ3) is 3.51. The Morgan fingerprint density at radius 3 is 2.34 bits per heavy atom. The highest BCUT2D eigenvalue weighted by molar-refractivity contribution is 7.98. The Balaban J connectivity index is 2.35. The van der Waals surface area contributed by atoms with E-state index in [4.69, 9.17) is 14.2 Å². The van der Waals surface area contributed by atoms with E-state index >= 15 is 0 Å². The molecule has 1 aromatic heterocycles. The van der Waals surface area contributed by atoms with Crippen LogP contribution in [0.15, 0.2) is 33.4 Å². The van der Waals surface area contributed by atoms with E-state index in [0.29, 0.717) is 22.2 Å². The van der Waals surface area contributed by atoms with Crippen molar-refractivity contribution >= 4 is 23.5 Å². The molecule has 2 aromatic rings. The maximum atomic E-state index is 12.9. The molecule has 1 unspecified atom stereocenters. The fraction of sp³-hybridized carbons (Fsp3) is 0.316. The van der Waals surface area contributed by atoms with E-state index in [1.54, 1.807) is 25.3 Å². The minimum atomic E-state index is -0.811. The predicted molar refractivity (Wildman–Crippen MR) is 108 cm³/mol. The lowest BCUT2D eigenvalue weighted by atomic mass is 9.82. The van der Waals surface area contributed by atoms with Gasteiger partial charge in [-0.2, -0.15) is 0 Å². The van der Waals surface area contributed by atoms with Crippen LogP contribution in [0.3, 0.4) is 0 Å². The van der Waals surface area contributed by atoms with Crippen molar-refractivity contribution in [3.8, 4) is 17.2 Å². The number of esters is 1. The average Bonchev–Trinajstić information content (AvgIpc) is 2.72. The number of aromatic amines is 1. The van der Waals surface area contributed by atoms with Crippen molar-refractivity contribution < 1.29 is 24.1 Å². The van der Waals surface area contributed by atoms with Crippen molar-refractivity contribution in [3.05, 3.63) is 44.9 Å². The highest BCUT2D eigenvalue weighted by Gasteiger charge is 2.37. The molecule has 0 saturated carbocycles. The van der Waals surface area contributed by atoms with E-state index in [-0.39, 0.29) is 28.4 Å². The van der Waals surface area contributed by atoms with Gasteiger partial charge in [-0.25, -0.2) is 9.78 Å². The number of hydrogen-bond donors (Lipinski definition) is 3. The van der Waals surface area contributed by atoms with Gasteiger partial charge in [0.05, 0.1) is 38.4 Å². The van der Waals surface area contributed by atoms with E-state index in [9.17, 15) is 14.7 Å². The second-order valence-electron chi connectivity index (χ2n) is 6.20. The lowest BCUT2D eigenvalue weighted by Gasteiger charge is -2.29. The predicted octanol–water partition coefficient (Wildman–Crippen LogP) is 2.22. The maximum Gasteiger partial charge on any atom is 0.336 e. The van der Waals surface area contributed by atoms with Crippen LogP contribution < -0.4 is 20.3 Å². The Bertz CT molecular complexity index is 1040. The Morgan fingerprint density at radius 1 is 1.21 bits per heavy atom. The van der Waals surface area contributed by atoms with Crippen LogP contribution in [-0.4, -0.2) is 48.6 Å². The molecule has 10 heteroatoms. The van der Waals surface area contributed by atoms with E-state index < -0.39 is 17.4 Å². The number of thioether (sulfide) groups is 1. The van der Waals surface area contributed by atoms with Crippen molar-refractivity contribution in [2.45, 2.75) is 18.0 Å². The van der Waals surface area contributed by atoms with Crippen molar-refractivity contribution in [1.82, 2.24) is 9.97 Å². The number of rotatable bonds is 5. The summed E-state index contributed by atoms with van der Waals surface area (Å²) in [5.74, 6) is -0.950. The summed E-state index contributed by atoms with van der Waals surface area (Å²) in [6.45, 7) is 1.71. The molecule has 29 heavy (non-hydrogen) atoms. The Labute approximate surface area is 171 Å². The number of anilines is 1. The first kappa shape index (κ1) is 20.6. The Morgan fingerprint density at radius 2 is 1.83 bits per heavy atom. The first-order valence-corrected chi connectivity index (χ1v) is 9.77. The van der Waals surface area contributed by atoms with Gasteiger partial charge in [-0.15, -0.1) is 0 Å². The Kier molecular flexibility index (Phi) is 5.73. The monoisotopic (exact) mass is 419 g/mol. The van der Waals surface area contributed by atoms with Gasteiger partial charge < -0.3 is 29.6 Å². The van der Waals surface area contributed by atoms with E-state index in [1.807, 2.05) is 0 Å². The Hall–Kier alpha value is -3.14. The number of H-pyrrole nitrogens is 1. The molecule has 1 atom stereocenters. The molecule has 0 aliphatic carbocycles. The van der Waals surface area contributed by atoms with Crippen LogP contribution in [0, 0.1) is 0 Å². The normalized spacial score (nSPS) is 15.4. The first-order valence-electron chi connectivity index (χ1n) is 8.55. The van der Waals surface area contributed by atoms with Gasteiger partial charge in [0.15, 0.2) is 16.7 Å². The second kappa shape index (κ2) is 8.08. The molecule has 0 bridgehead atoms. The number of nitrogens with one attached hydrogen (secondary N) is 2. The number of nitrogens with zero attached hydrogens (tertiary/aromatic N) is 1. The summed E-state index contributed by atoms with van der Waals surface area (Å²) in [5.41, 5.74) is 1.12.